The molecular formula is C9H17N3O2. The predicted octanol–water partition coefficient (Wildman–Crippen LogP) is -0.974. The molecular weight excluding hydrogens is 182 g/mol. The standard InChI is InChI=1S/C9H17N3O2/c1-8(13)11-4-6-12(7-5-11)9(14)2-3-10/h2-7,10H2,1H3. The Bertz CT molecular complexity index is 222. The van der Waals surface area contributed by atoms with Gasteiger partial charge < -0.3 is 15.5 Å². The van der Waals surface area contributed by atoms with Crippen LogP contribution in [0.15, 0.2) is 0 Å². The lowest BCUT2D eigenvalue weighted by atomic mass is 10.3. The van der Waals surface area contributed by atoms with Crippen LogP contribution in [0, 0.1) is 0 Å². The highest BCUT2D eigenvalue weighted by Gasteiger charge is 2.21. The van der Waals surface area contributed by atoms with Crippen molar-refractivity contribution in [1.29, 1.82) is 0 Å². The quantitative estimate of drug-likeness (QED) is 0.622. The van der Waals surface area contributed by atoms with E-state index in [-0.39, 0.29) is 11.8 Å². The topological polar surface area (TPSA) is 66.6 Å². The van der Waals surface area contributed by atoms with E-state index in [0.29, 0.717) is 39.1 Å². The van der Waals surface area contributed by atoms with Gasteiger partial charge in [-0.25, -0.2) is 0 Å². The second-order valence-corrected chi connectivity index (χ2v) is 3.43. The van der Waals surface area contributed by atoms with Gasteiger partial charge >= 0.3 is 0 Å². The van der Waals surface area contributed by atoms with Gasteiger partial charge in [0.05, 0.1) is 0 Å². The van der Waals surface area contributed by atoms with E-state index in [1.807, 2.05) is 0 Å². The summed E-state index contributed by atoms with van der Waals surface area (Å²) < 4.78 is 0. The summed E-state index contributed by atoms with van der Waals surface area (Å²) in [7, 11) is 0. The van der Waals surface area contributed by atoms with Crippen LogP contribution in [0.3, 0.4) is 0 Å². The summed E-state index contributed by atoms with van der Waals surface area (Å²) in [6.45, 7) is 4.51. The molecule has 1 aliphatic heterocycles. The van der Waals surface area contributed by atoms with Crippen LogP contribution in [-0.2, 0) is 9.59 Å². The lowest BCUT2D eigenvalue weighted by Gasteiger charge is -2.34. The Kier molecular flexibility index (Phi) is 3.88. The molecule has 1 fully saturated rings. The molecule has 0 aromatic rings. The summed E-state index contributed by atoms with van der Waals surface area (Å²) in [5, 5.41) is 0. The molecule has 14 heavy (non-hydrogen) atoms. The van der Waals surface area contributed by atoms with E-state index in [2.05, 4.69) is 0 Å². The maximum absolute atomic E-state index is 11.4. The van der Waals surface area contributed by atoms with Crippen LogP contribution in [-0.4, -0.2) is 54.3 Å². The van der Waals surface area contributed by atoms with Crippen molar-refractivity contribution >= 4 is 11.8 Å². The first-order valence-electron chi connectivity index (χ1n) is 4.88. The van der Waals surface area contributed by atoms with Gasteiger partial charge in [-0.15, -0.1) is 0 Å². The number of carbonyl (C=O) groups excluding carboxylic acids is 2. The predicted molar refractivity (Wildman–Crippen MR) is 52.5 cm³/mol. The summed E-state index contributed by atoms with van der Waals surface area (Å²) in [5.74, 6) is 0.173. The minimum Gasteiger partial charge on any atom is -0.339 e. The fraction of sp³-hybridized carbons (Fsp3) is 0.778. The smallest absolute Gasteiger partial charge is 0.223 e. The molecule has 0 aromatic heterocycles. The fourth-order valence-corrected chi connectivity index (χ4v) is 1.55. The highest BCUT2D eigenvalue weighted by atomic mass is 16.2. The Morgan fingerprint density at radius 1 is 1.14 bits per heavy atom. The Balaban J connectivity index is 2.35. The number of hydrogen-bond acceptors (Lipinski definition) is 3. The molecule has 0 bridgehead atoms. The van der Waals surface area contributed by atoms with Gasteiger partial charge in [0.1, 0.15) is 0 Å². The lowest BCUT2D eigenvalue weighted by molar-refractivity contribution is -0.138. The number of piperazine rings is 1. The van der Waals surface area contributed by atoms with Gasteiger partial charge in [-0.05, 0) is 0 Å². The third kappa shape index (κ3) is 2.70. The van der Waals surface area contributed by atoms with Crippen molar-refractivity contribution in [3.63, 3.8) is 0 Å². The number of carbonyl (C=O) groups is 2. The molecule has 0 atom stereocenters. The molecule has 0 spiro atoms. The molecule has 1 heterocycles. The monoisotopic (exact) mass is 199 g/mol. The summed E-state index contributed by atoms with van der Waals surface area (Å²) >= 11 is 0. The molecule has 0 radical (unpaired) electrons. The molecule has 5 nitrogen and oxygen atoms in total. The van der Waals surface area contributed by atoms with Crippen LogP contribution in [0.25, 0.3) is 0 Å². The summed E-state index contributed by atoms with van der Waals surface area (Å²) in [6, 6.07) is 0. The van der Waals surface area contributed by atoms with Crippen LogP contribution in [0.5, 0.6) is 0 Å². The Labute approximate surface area is 83.8 Å². The SMILES string of the molecule is CC(=O)N1CCN(C(=O)CCN)CC1. The van der Waals surface area contributed by atoms with Crippen molar-refractivity contribution in [2.45, 2.75) is 13.3 Å². The molecule has 2 amide bonds. The average molecular weight is 199 g/mol. The van der Waals surface area contributed by atoms with Crippen LogP contribution in [0.2, 0.25) is 0 Å². The molecule has 0 aliphatic carbocycles. The number of nitrogens with zero attached hydrogens (tertiary/aromatic N) is 2. The molecule has 2 N–H and O–H groups in total. The van der Waals surface area contributed by atoms with Crippen molar-refractivity contribution in [2.75, 3.05) is 32.7 Å². The highest BCUT2D eigenvalue weighted by Crippen LogP contribution is 2.03. The van der Waals surface area contributed by atoms with Crippen molar-refractivity contribution in [1.82, 2.24) is 9.80 Å². The van der Waals surface area contributed by atoms with Crippen LogP contribution in [0.1, 0.15) is 13.3 Å². The zero-order chi connectivity index (χ0) is 10.6. The third-order valence-corrected chi connectivity index (χ3v) is 2.44. The zero-order valence-electron chi connectivity index (χ0n) is 8.53. The Morgan fingerprint density at radius 3 is 2.07 bits per heavy atom. The fourth-order valence-electron chi connectivity index (χ4n) is 1.55. The van der Waals surface area contributed by atoms with E-state index in [4.69, 9.17) is 5.73 Å². The van der Waals surface area contributed by atoms with Gasteiger partial charge in [-0.1, -0.05) is 0 Å². The van der Waals surface area contributed by atoms with Gasteiger partial charge in [0.2, 0.25) is 11.8 Å². The molecule has 80 valence electrons. The first-order valence-corrected chi connectivity index (χ1v) is 4.88. The second-order valence-electron chi connectivity index (χ2n) is 3.43. The van der Waals surface area contributed by atoms with E-state index < -0.39 is 0 Å². The second kappa shape index (κ2) is 4.95. The van der Waals surface area contributed by atoms with Crippen LogP contribution >= 0.6 is 0 Å². The number of nitrogens with two attached hydrogens (primary N) is 1. The number of rotatable bonds is 2. The van der Waals surface area contributed by atoms with Gasteiger partial charge in [0.25, 0.3) is 0 Å². The first kappa shape index (κ1) is 11.0. The molecule has 1 saturated heterocycles. The van der Waals surface area contributed by atoms with Gasteiger partial charge in [-0.3, -0.25) is 9.59 Å². The van der Waals surface area contributed by atoms with Crippen LogP contribution < -0.4 is 5.73 Å². The molecule has 0 aromatic carbocycles. The van der Waals surface area contributed by atoms with Crippen LogP contribution in [0.4, 0.5) is 0 Å². The number of hydrogen-bond donors (Lipinski definition) is 1. The van der Waals surface area contributed by atoms with Crippen molar-refractivity contribution in [3.8, 4) is 0 Å². The minimum absolute atomic E-state index is 0.0796. The van der Waals surface area contributed by atoms with Crippen molar-refractivity contribution in [2.24, 2.45) is 5.73 Å². The molecule has 0 unspecified atom stereocenters. The molecule has 1 aliphatic rings. The molecule has 1 rings (SSSR count). The lowest BCUT2D eigenvalue weighted by Crippen LogP contribution is -2.50. The average Bonchev–Trinajstić information content (AvgIpc) is 2.18. The van der Waals surface area contributed by atoms with Gasteiger partial charge in [0.15, 0.2) is 0 Å². The normalized spacial score (nSPS) is 17.0. The largest absolute Gasteiger partial charge is 0.339 e. The minimum atomic E-state index is 0.0796. The zero-order valence-corrected chi connectivity index (χ0v) is 8.53. The maximum Gasteiger partial charge on any atom is 0.223 e. The molecule has 0 saturated carbocycles. The van der Waals surface area contributed by atoms with E-state index in [1.54, 1.807) is 16.7 Å². The van der Waals surface area contributed by atoms with E-state index in [0.717, 1.165) is 0 Å². The molecule has 5 heteroatoms. The summed E-state index contributed by atoms with van der Waals surface area (Å²) in [6.07, 6.45) is 0.403. The highest BCUT2D eigenvalue weighted by molar-refractivity contribution is 5.77. The van der Waals surface area contributed by atoms with E-state index >= 15 is 0 Å². The van der Waals surface area contributed by atoms with E-state index in [1.165, 1.54) is 0 Å². The third-order valence-electron chi connectivity index (χ3n) is 2.44. The van der Waals surface area contributed by atoms with Crippen molar-refractivity contribution in [3.05, 3.63) is 0 Å². The Morgan fingerprint density at radius 2 is 1.64 bits per heavy atom. The maximum atomic E-state index is 11.4. The first-order chi connectivity index (χ1) is 6.65. The summed E-state index contributed by atoms with van der Waals surface area (Å²) in [5.41, 5.74) is 5.30. The van der Waals surface area contributed by atoms with E-state index in [9.17, 15) is 9.59 Å². The summed E-state index contributed by atoms with van der Waals surface area (Å²) in [4.78, 5) is 25.9. The van der Waals surface area contributed by atoms with Gasteiger partial charge in [-0.2, -0.15) is 0 Å². The number of amides is 2. The van der Waals surface area contributed by atoms with Crippen molar-refractivity contribution < 1.29 is 9.59 Å². The Hall–Kier alpha value is -1.10. The van der Waals surface area contributed by atoms with Gasteiger partial charge in [0, 0.05) is 46.1 Å².